The third kappa shape index (κ3) is 2.54. The number of hydrogen-bond donors (Lipinski definition) is 3. The number of nitrogens with zero attached hydrogens (tertiary/aromatic N) is 1. The van der Waals surface area contributed by atoms with Crippen LogP contribution in [-0.4, -0.2) is 26.7 Å². The Morgan fingerprint density at radius 2 is 2.11 bits per heavy atom. The minimum atomic E-state index is -0.320. The Balaban J connectivity index is 2.34. The maximum Gasteiger partial charge on any atom is 0.272 e. The Bertz CT molecular complexity index is 614. The van der Waals surface area contributed by atoms with E-state index in [0.717, 1.165) is 5.52 Å². The second-order valence-electron chi connectivity index (χ2n) is 5.63. The van der Waals surface area contributed by atoms with Crippen LogP contribution in [0, 0.1) is 5.92 Å². The van der Waals surface area contributed by atoms with E-state index in [1.54, 1.807) is 12.1 Å². The van der Waals surface area contributed by atoms with Gasteiger partial charge in [0, 0.05) is 10.9 Å². The predicted octanol–water partition coefficient (Wildman–Crippen LogP) is 2.43. The molecule has 19 heavy (non-hydrogen) atoms. The van der Waals surface area contributed by atoms with Gasteiger partial charge in [0.25, 0.3) is 5.91 Å². The first-order valence-corrected chi connectivity index (χ1v) is 6.31. The highest BCUT2D eigenvalue weighted by Gasteiger charge is 2.26. The van der Waals surface area contributed by atoms with Crippen molar-refractivity contribution in [2.24, 2.45) is 5.92 Å². The molecule has 1 heterocycles. The van der Waals surface area contributed by atoms with Gasteiger partial charge in [-0.2, -0.15) is 5.10 Å². The summed E-state index contributed by atoms with van der Waals surface area (Å²) >= 11 is 0. The predicted molar refractivity (Wildman–Crippen MR) is 74.1 cm³/mol. The molecule has 0 unspecified atom stereocenters. The number of phenolic OH excluding ortho intramolecular Hbond substituents is 1. The lowest BCUT2D eigenvalue weighted by atomic mass is 9.90. The summed E-state index contributed by atoms with van der Waals surface area (Å²) in [6.45, 7) is 8.05. The smallest absolute Gasteiger partial charge is 0.272 e. The van der Waals surface area contributed by atoms with E-state index in [4.69, 9.17) is 0 Å². The number of amides is 1. The SMILES string of the molecule is CC(C)C(C)(C)NC(=O)c1n[nH]c2ccc(O)cc12. The largest absolute Gasteiger partial charge is 0.508 e. The summed E-state index contributed by atoms with van der Waals surface area (Å²) in [6, 6.07) is 4.79. The Morgan fingerprint density at radius 1 is 1.42 bits per heavy atom. The number of carbonyl (C=O) groups excluding carboxylic acids is 1. The lowest BCUT2D eigenvalue weighted by Crippen LogP contribution is -2.47. The quantitative estimate of drug-likeness (QED) is 0.794. The number of carbonyl (C=O) groups is 1. The van der Waals surface area contributed by atoms with E-state index in [-0.39, 0.29) is 17.2 Å². The fourth-order valence-electron chi connectivity index (χ4n) is 1.67. The number of phenols is 1. The molecule has 1 aromatic heterocycles. The number of benzene rings is 1. The number of hydrogen-bond acceptors (Lipinski definition) is 3. The van der Waals surface area contributed by atoms with Crippen LogP contribution in [0.25, 0.3) is 10.9 Å². The van der Waals surface area contributed by atoms with Crippen LogP contribution in [0.15, 0.2) is 18.2 Å². The average Bonchev–Trinajstić information content (AvgIpc) is 2.70. The molecule has 5 nitrogen and oxygen atoms in total. The highest BCUT2D eigenvalue weighted by Crippen LogP contribution is 2.22. The van der Waals surface area contributed by atoms with Gasteiger partial charge in [0.2, 0.25) is 0 Å². The van der Waals surface area contributed by atoms with E-state index in [9.17, 15) is 9.90 Å². The number of aromatic hydroxyl groups is 1. The molecule has 0 radical (unpaired) electrons. The molecule has 0 aliphatic rings. The molecule has 0 bridgehead atoms. The van der Waals surface area contributed by atoms with Crippen LogP contribution in [-0.2, 0) is 0 Å². The molecule has 0 atom stereocenters. The van der Waals surface area contributed by atoms with Gasteiger partial charge in [-0.1, -0.05) is 13.8 Å². The molecule has 0 aliphatic carbocycles. The first-order chi connectivity index (χ1) is 8.81. The first-order valence-electron chi connectivity index (χ1n) is 6.31. The lowest BCUT2D eigenvalue weighted by Gasteiger charge is -2.30. The number of fused-ring (bicyclic) bond motifs is 1. The molecule has 1 aromatic carbocycles. The maximum absolute atomic E-state index is 12.3. The van der Waals surface area contributed by atoms with E-state index in [1.165, 1.54) is 6.07 Å². The average molecular weight is 261 g/mol. The zero-order chi connectivity index (χ0) is 14.2. The van der Waals surface area contributed by atoms with Crippen LogP contribution in [0.3, 0.4) is 0 Å². The van der Waals surface area contributed by atoms with Crippen molar-refractivity contribution >= 4 is 16.8 Å². The van der Waals surface area contributed by atoms with Crippen molar-refractivity contribution in [1.82, 2.24) is 15.5 Å². The minimum Gasteiger partial charge on any atom is -0.508 e. The van der Waals surface area contributed by atoms with E-state index >= 15 is 0 Å². The second-order valence-corrected chi connectivity index (χ2v) is 5.63. The monoisotopic (exact) mass is 261 g/mol. The van der Waals surface area contributed by atoms with Crippen LogP contribution < -0.4 is 5.32 Å². The second kappa shape index (κ2) is 4.57. The summed E-state index contributed by atoms with van der Waals surface area (Å²) in [5.41, 5.74) is 0.712. The van der Waals surface area contributed by atoms with E-state index in [1.807, 2.05) is 13.8 Å². The molecule has 1 amide bonds. The molecule has 3 N–H and O–H groups in total. The van der Waals surface area contributed by atoms with E-state index in [2.05, 4.69) is 29.4 Å². The molecule has 5 heteroatoms. The van der Waals surface area contributed by atoms with Gasteiger partial charge in [-0.15, -0.1) is 0 Å². The van der Waals surface area contributed by atoms with Crippen LogP contribution >= 0.6 is 0 Å². The molecule has 0 fully saturated rings. The van der Waals surface area contributed by atoms with Crippen LogP contribution in [0.4, 0.5) is 0 Å². The van der Waals surface area contributed by atoms with Crippen molar-refractivity contribution in [1.29, 1.82) is 0 Å². The van der Waals surface area contributed by atoms with E-state index < -0.39 is 0 Å². The number of aromatic amines is 1. The van der Waals surface area contributed by atoms with Crippen molar-refractivity contribution < 1.29 is 9.90 Å². The molecule has 2 aromatic rings. The standard InChI is InChI=1S/C14H19N3O2/c1-8(2)14(3,4)15-13(19)12-10-7-9(18)5-6-11(10)16-17-12/h5-8,18H,1-4H3,(H,15,19)(H,16,17). The molecule has 0 saturated heterocycles. The van der Waals surface area contributed by atoms with Crippen LogP contribution in [0.1, 0.15) is 38.2 Å². The van der Waals surface area contributed by atoms with Gasteiger partial charge in [-0.3, -0.25) is 9.89 Å². The van der Waals surface area contributed by atoms with Crippen molar-refractivity contribution in [2.75, 3.05) is 0 Å². The summed E-state index contributed by atoms with van der Waals surface area (Å²) < 4.78 is 0. The van der Waals surface area contributed by atoms with E-state index in [0.29, 0.717) is 17.0 Å². The zero-order valence-corrected chi connectivity index (χ0v) is 11.6. The molecule has 0 saturated carbocycles. The summed E-state index contributed by atoms with van der Waals surface area (Å²) in [4.78, 5) is 12.3. The number of rotatable bonds is 3. The van der Waals surface area contributed by atoms with Gasteiger partial charge in [0.05, 0.1) is 5.52 Å². The molecule has 0 aliphatic heterocycles. The topological polar surface area (TPSA) is 78.0 Å². The van der Waals surface area contributed by atoms with Gasteiger partial charge in [-0.05, 0) is 38.0 Å². The number of nitrogens with one attached hydrogen (secondary N) is 2. The third-order valence-electron chi connectivity index (χ3n) is 3.64. The van der Waals surface area contributed by atoms with Crippen molar-refractivity contribution in [3.05, 3.63) is 23.9 Å². The van der Waals surface area contributed by atoms with Gasteiger partial charge >= 0.3 is 0 Å². The Hall–Kier alpha value is -2.04. The fourth-order valence-corrected chi connectivity index (χ4v) is 1.67. The number of H-pyrrole nitrogens is 1. The molecule has 0 spiro atoms. The minimum absolute atomic E-state index is 0.117. The Morgan fingerprint density at radius 3 is 2.74 bits per heavy atom. The van der Waals surface area contributed by atoms with Gasteiger partial charge < -0.3 is 10.4 Å². The van der Waals surface area contributed by atoms with Crippen molar-refractivity contribution in [3.63, 3.8) is 0 Å². The normalized spacial score (nSPS) is 12.1. The lowest BCUT2D eigenvalue weighted by molar-refractivity contribution is 0.0886. The summed E-state index contributed by atoms with van der Waals surface area (Å²) in [5.74, 6) is 0.177. The van der Waals surface area contributed by atoms with Gasteiger partial charge in [-0.25, -0.2) is 0 Å². The van der Waals surface area contributed by atoms with Crippen LogP contribution in [0.2, 0.25) is 0 Å². The Kier molecular flexibility index (Phi) is 3.22. The third-order valence-corrected chi connectivity index (χ3v) is 3.64. The number of aromatic nitrogens is 2. The van der Waals surface area contributed by atoms with Crippen molar-refractivity contribution in [2.45, 2.75) is 33.2 Å². The summed E-state index contributed by atoms with van der Waals surface area (Å²) in [6.07, 6.45) is 0. The van der Waals surface area contributed by atoms with Gasteiger partial charge in [0.15, 0.2) is 5.69 Å². The molecule has 2 rings (SSSR count). The summed E-state index contributed by atoms with van der Waals surface area (Å²) in [7, 11) is 0. The van der Waals surface area contributed by atoms with Gasteiger partial charge in [0.1, 0.15) is 5.75 Å². The fraction of sp³-hybridized carbons (Fsp3) is 0.429. The first kappa shape index (κ1) is 13.4. The van der Waals surface area contributed by atoms with Crippen molar-refractivity contribution in [3.8, 4) is 5.75 Å². The molecular weight excluding hydrogens is 242 g/mol. The highest BCUT2D eigenvalue weighted by atomic mass is 16.3. The molecular formula is C14H19N3O2. The maximum atomic E-state index is 12.3. The summed E-state index contributed by atoms with van der Waals surface area (Å²) in [5, 5.41) is 19.9. The zero-order valence-electron chi connectivity index (χ0n) is 11.6. The Labute approximate surface area is 112 Å². The van der Waals surface area contributed by atoms with Crippen LogP contribution in [0.5, 0.6) is 5.75 Å². The highest BCUT2D eigenvalue weighted by molar-refractivity contribution is 6.05. The molecule has 102 valence electrons.